The Morgan fingerprint density at radius 2 is 1.97 bits per heavy atom. The summed E-state index contributed by atoms with van der Waals surface area (Å²) in [5.74, 6) is 1.31. The van der Waals surface area contributed by atoms with Gasteiger partial charge in [-0.15, -0.1) is 11.3 Å². The maximum atomic E-state index is 13.5. The average molecular weight is 486 g/mol. The Labute approximate surface area is 199 Å². The number of aromatic nitrogens is 3. The van der Waals surface area contributed by atoms with Crippen molar-refractivity contribution in [3.63, 3.8) is 0 Å². The standard InChI is InChI=1S/C23H21Cl2N5OS/c1-3-4-9-29(2)21(26)14-10-19(32-13-14)22-28-18-7-5-15(24)11-17(18)23(31)30(22)20-8-6-16(25)12-27-20/h5-8,10-13,26H,3-4,9H2,1-2H3. The van der Waals surface area contributed by atoms with Crippen LogP contribution in [0.1, 0.15) is 25.3 Å². The summed E-state index contributed by atoms with van der Waals surface area (Å²) in [4.78, 5) is 25.3. The van der Waals surface area contributed by atoms with Gasteiger partial charge in [0, 0.05) is 35.8 Å². The fourth-order valence-electron chi connectivity index (χ4n) is 3.34. The average Bonchev–Trinajstić information content (AvgIpc) is 3.28. The first-order chi connectivity index (χ1) is 15.4. The molecule has 3 aromatic heterocycles. The van der Waals surface area contributed by atoms with E-state index in [4.69, 9.17) is 33.6 Å². The zero-order valence-electron chi connectivity index (χ0n) is 17.6. The molecule has 0 spiro atoms. The van der Waals surface area contributed by atoms with Gasteiger partial charge in [0.15, 0.2) is 5.82 Å². The molecule has 0 fully saturated rings. The summed E-state index contributed by atoms with van der Waals surface area (Å²) in [5.41, 5.74) is 1.06. The zero-order valence-corrected chi connectivity index (χ0v) is 19.9. The molecule has 0 unspecified atom stereocenters. The zero-order chi connectivity index (χ0) is 22.8. The fourth-order valence-corrected chi connectivity index (χ4v) is 4.50. The summed E-state index contributed by atoms with van der Waals surface area (Å²) in [6.07, 6.45) is 3.58. The van der Waals surface area contributed by atoms with Gasteiger partial charge in [0.1, 0.15) is 11.7 Å². The maximum absolute atomic E-state index is 13.5. The molecule has 1 N–H and O–H groups in total. The highest BCUT2D eigenvalue weighted by Crippen LogP contribution is 2.29. The topological polar surface area (TPSA) is 74.9 Å². The summed E-state index contributed by atoms with van der Waals surface area (Å²) < 4.78 is 1.47. The van der Waals surface area contributed by atoms with E-state index in [1.165, 1.54) is 22.1 Å². The van der Waals surface area contributed by atoms with Crippen LogP contribution >= 0.6 is 34.5 Å². The molecule has 0 atom stereocenters. The smallest absolute Gasteiger partial charge is 0.267 e. The van der Waals surface area contributed by atoms with Crippen LogP contribution in [0.2, 0.25) is 10.0 Å². The van der Waals surface area contributed by atoms with Gasteiger partial charge in [-0.1, -0.05) is 36.5 Å². The number of amidine groups is 1. The Hall–Kier alpha value is -2.74. The SMILES string of the molecule is CCCCN(C)C(=N)c1csc(-c2nc3ccc(Cl)cc3c(=O)n2-c2ccc(Cl)cn2)c1. The van der Waals surface area contributed by atoms with E-state index >= 15 is 0 Å². The van der Waals surface area contributed by atoms with Crippen molar-refractivity contribution in [1.29, 1.82) is 5.41 Å². The molecule has 0 saturated heterocycles. The van der Waals surface area contributed by atoms with Crippen LogP contribution in [0.3, 0.4) is 0 Å². The van der Waals surface area contributed by atoms with Crippen LogP contribution in [0.5, 0.6) is 0 Å². The third-order valence-electron chi connectivity index (χ3n) is 5.09. The number of nitrogens with one attached hydrogen (secondary N) is 1. The largest absolute Gasteiger partial charge is 0.360 e. The highest BCUT2D eigenvalue weighted by Gasteiger charge is 2.19. The van der Waals surface area contributed by atoms with Crippen molar-refractivity contribution in [3.05, 3.63) is 73.9 Å². The van der Waals surface area contributed by atoms with E-state index in [9.17, 15) is 4.79 Å². The fraction of sp³-hybridized carbons (Fsp3) is 0.217. The Balaban J connectivity index is 1.87. The van der Waals surface area contributed by atoms with Crippen molar-refractivity contribution in [2.75, 3.05) is 13.6 Å². The third kappa shape index (κ3) is 4.41. The minimum atomic E-state index is -0.271. The second-order valence-electron chi connectivity index (χ2n) is 7.40. The lowest BCUT2D eigenvalue weighted by molar-refractivity contribution is 0.483. The van der Waals surface area contributed by atoms with Crippen LogP contribution in [0.25, 0.3) is 27.4 Å². The van der Waals surface area contributed by atoms with E-state index in [0.717, 1.165) is 29.8 Å². The molecule has 3 heterocycles. The number of hydrogen-bond acceptors (Lipinski definition) is 5. The molecule has 0 bridgehead atoms. The first-order valence-electron chi connectivity index (χ1n) is 10.1. The number of unbranched alkanes of at least 4 members (excludes halogenated alkanes) is 1. The van der Waals surface area contributed by atoms with Crippen molar-refractivity contribution in [3.8, 4) is 16.5 Å². The number of rotatable bonds is 6. The van der Waals surface area contributed by atoms with Gasteiger partial charge in [-0.3, -0.25) is 10.2 Å². The minimum absolute atomic E-state index is 0.271. The molecule has 6 nitrogen and oxygen atoms in total. The van der Waals surface area contributed by atoms with Gasteiger partial charge < -0.3 is 4.90 Å². The quantitative estimate of drug-likeness (QED) is 0.273. The van der Waals surface area contributed by atoms with E-state index in [2.05, 4.69) is 11.9 Å². The normalized spacial score (nSPS) is 11.1. The molecule has 0 amide bonds. The van der Waals surface area contributed by atoms with Crippen molar-refractivity contribution in [2.45, 2.75) is 19.8 Å². The molecule has 9 heteroatoms. The number of fused-ring (bicyclic) bond motifs is 1. The molecule has 0 saturated carbocycles. The van der Waals surface area contributed by atoms with Gasteiger partial charge in [-0.2, -0.15) is 0 Å². The van der Waals surface area contributed by atoms with Crippen molar-refractivity contribution < 1.29 is 0 Å². The minimum Gasteiger partial charge on any atom is -0.360 e. The number of halogens is 2. The number of pyridine rings is 1. The van der Waals surface area contributed by atoms with E-state index in [1.807, 2.05) is 23.4 Å². The first-order valence-corrected chi connectivity index (χ1v) is 11.8. The van der Waals surface area contributed by atoms with E-state index in [0.29, 0.717) is 38.4 Å². The van der Waals surface area contributed by atoms with E-state index in [-0.39, 0.29) is 5.56 Å². The van der Waals surface area contributed by atoms with Crippen LogP contribution in [-0.4, -0.2) is 38.9 Å². The lowest BCUT2D eigenvalue weighted by Gasteiger charge is -2.18. The summed E-state index contributed by atoms with van der Waals surface area (Å²) in [7, 11) is 1.92. The van der Waals surface area contributed by atoms with Gasteiger partial charge in [0.05, 0.1) is 20.8 Å². The molecule has 4 rings (SSSR count). The Morgan fingerprint density at radius 1 is 1.19 bits per heavy atom. The number of nitrogens with zero attached hydrogens (tertiary/aromatic N) is 4. The van der Waals surface area contributed by atoms with Gasteiger partial charge >= 0.3 is 0 Å². The molecular weight excluding hydrogens is 465 g/mol. The Bertz CT molecular complexity index is 1350. The van der Waals surface area contributed by atoms with Crippen LogP contribution in [-0.2, 0) is 0 Å². The third-order valence-corrected chi connectivity index (χ3v) is 6.48. The second-order valence-corrected chi connectivity index (χ2v) is 9.18. The van der Waals surface area contributed by atoms with Crippen LogP contribution in [0.4, 0.5) is 0 Å². The van der Waals surface area contributed by atoms with Gasteiger partial charge in [0.2, 0.25) is 0 Å². The predicted molar refractivity (Wildman–Crippen MR) is 133 cm³/mol. The molecule has 1 aromatic carbocycles. The first kappa shape index (κ1) is 22.5. The molecule has 0 aliphatic rings. The lowest BCUT2D eigenvalue weighted by atomic mass is 10.2. The van der Waals surface area contributed by atoms with Crippen LogP contribution < -0.4 is 5.56 Å². The summed E-state index contributed by atoms with van der Waals surface area (Å²) >= 11 is 13.6. The molecule has 0 aliphatic carbocycles. The molecule has 0 aliphatic heterocycles. The summed E-state index contributed by atoms with van der Waals surface area (Å²) in [6, 6.07) is 10.3. The monoisotopic (exact) mass is 485 g/mol. The van der Waals surface area contributed by atoms with E-state index in [1.54, 1.807) is 30.3 Å². The van der Waals surface area contributed by atoms with Crippen LogP contribution in [0.15, 0.2) is 52.8 Å². The molecular formula is C23H21Cl2N5OS. The summed E-state index contributed by atoms with van der Waals surface area (Å²) in [5, 5.41) is 11.8. The number of hydrogen-bond donors (Lipinski definition) is 1. The summed E-state index contributed by atoms with van der Waals surface area (Å²) in [6.45, 7) is 2.94. The second kappa shape index (κ2) is 9.40. The van der Waals surface area contributed by atoms with Gasteiger partial charge in [0.25, 0.3) is 5.56 Å². The lowest BCUT2D eigenvalue weighted by Crippen LogP contribution is -2.27. The van der Waals surface area contributed by atoms with Crippen LogP contribution in [0, 0.1) is 5.41 Å². The molecule has 164 valence electrons. The van der Waals surface area contributed by atoms with Crippen molar-refractivity contribution in [1.82, 2.24) is 19.4 Å². The number of thiophene rings is 1. The molecule has 32 heavy (non-hydrogen) atoms. The Morgan fingerprint density at radius 3 is 2.69 bits per heavy atom. The van der Waals surface area contributed by atoms with Gasteiger partial charge in [-0.05, 0) is 42.8 Å². The Kier molecular flexibility index (Phi) is 6.60. The van der Waals surface area contributed by atoms with Crippen molar-refractivity contribution >= 4 is 51.3 Å². The highest BCUT2D eigenvalue weighted by molar-refractivity contribution is 7.13. The maximum Gasteiger partial charge on any atom is 0.267 e. The van der Waals surface area contributed by atoms with Crippen molar-refractivity contribution in [2.24, 2.45) is 0 Å². The molecule has 4 aromatic rings. The molecule has 0 radical (unpaired) electrons. The van der Waals surface area contributed by atoms with Gasteiger partial charge in [-0.25, -0.2) is 14.5 Å². The van der Waals surface area contributed by atoms with E-state index < -0.39 is 0 Å². The number of benzene rings is 1. The highest BCUT2D eigenvalue weighted by atomic mass is 35.5. The predicted octanol–water partition coefficient (Wildman–Crippen LogP) is 5.87.